The van der Waals surface area contributed by atoms with E-state index in [4.69, 9.17) is 22.1 Å². The number of hydrogen-bond acceptors (Lipinski definition) is 4. The summed E-state index contributed by atoms with van der Waals surface area (Å²) in [6.07, 6.45) is 1.55. The average molecular weight is 458 g/mol. The predicted octanol–water partition coefficient (Wildman–Crippen LogP) is 5.41. The number of rotatable bonds is 3. The lowest BCUT2D eigenvalue weighted by atomic mass is 9.99. The number of fused-ring (bicyclic) bond motifs is 1. The van der Waals surface area contributed by atoms with Gasteiger partial charge in [0.15, 0.2) is 0 Å². The molecule has 1 saturated heterocycles. The van der Waals surface area contributed by atoms with Crippen molar-refractivity contribution in [3.8, 4) is 0 Å². The molecule has 3 aromatic rings. The highest BCUT2D eigenvalue weighted by Gasteiger charge is 2.14. The Hall–Kier alpha value is -2.34. The lowest BCUT2D eigenvalue weighted by Gasteiger charge is -2.21. The fourth-order valence-corrected chi connectivity index (χ4v) is 4.05. The Balaban J connectivity index is 0.000000340. The van der Waals surface area contributed by atoms with E-state index in [1.807, 2.05) is 40.0 Å². The minimum absolute atomic E-state index is 0.677. The summed E-state index contributed by atoms with van der Waals surface area (Å²) in [5.74, 6) is 0. The second-order valence-electron chi connectivity index (χ2n) is 7.92. The van der Waals surface area contributed by atoms with Crippen molar-refractivity contribution in [1.82, 2.24) is 9.47 Å². The first kappa shape index (κ1) is 25.9. The van der Waals surface area contributed by atoms with Gasteiger partial charge in [0.25, 0.3) is 0 Å². The number of nitrogen functional groups attached to an aromatic ring is 1. The summed E-state index contributed by atoms with van der Waals surface area (Å²) < 4.78 is 7.24. The molecule has 1 aliphatic rings. The molecule has 0 radical (unpaired) electrons. The van der Waals surface area contributed by atoms with E-state index in [-0.39, 0.29) is 0 Å². The normalized spacial score (nSPS) is 13.7. The molecule has 32 heavy (non-hydrogen) atoms. The van der Waals surface area contributed by atoms with Crippen molar-refractivity contribution < 1.29 is 9.53 Å². The second kappa shape index (κ2) is 12.0. The third kappa shape index (κ3) is 6.12. The fourth-order valence-electron chi connectivity index (χ4n) is 3.78. The Bertz CT molecular complexity index is 1050. The number of hydrogen-bond donors (Lipinski definition) is 1. The van der Waals surface area contributed by atoms with Crippen LogP contribution in [0.3, 0.4) is 0 Å². The Morgan fingerprint density at radius 2 is 1.75 bits per heavy atom. The van der Waals surface area contributed by atoms with Crippen molar-refractivity contribution in [1.29, 1.82) is 0 Å². The first-order valence-electron chi connectivity index (χ1n) is 11.2. The molecule has 2 aromatic carbocycles. The molecule has 0 unspecified atom stereocenters. The van der Waals surface area contributed by atoms with Gasteiger partial charge in [-0.15, -0.1) is 0 Å². The Morgan fingerprint density at radius 1 is 1.09 bits per heavy atom. The molecule has 0 aliphatic carbocycles. The number of benzene rings is 2. The van der Waals surface area contributed by atoms with Crippen LogP contribution in [0.4, 0.5) is 5.69 Å². The summed E-state index contributed by atoms with van der Waals surface area (Å²) in [6.45, 7) is 12.0. The maximum Gasteiger partial charge on any atom is 0.150 e. The van der Waals surface area contributed by atoms with Gasteiger partial charge in [0.2, 0.25) is 0 Å². The van der Waals surface area contributed by atoms with Crippen LogP contribution >= 0.6 is 11.6 Å². The highest BCUT2D eigenvalue weighted by Crippen LogP contribution is 2.30. The summed E-state index contributed by atoms with van der Waals surface area (Å²) in [6, 6.07) is 9.70. The van der Waals surface area contributed by atoms with Gasteiger partial charge in [0, 0.05) is 53.9 Å². The average Bonchev–Trinajstić information content (AvgIpc) is 3.09. The van der Waals surface area contributed by atoms with Gasteiger partial charge >= 0.3 is 0 Å². The molecule has 6 heteroatoms. The monoisotopic (exact) mass is 457 g/mol. The van der Waals surface area contributed by atoms with E-state index in [9.17, 15) is 4.79 Å². The van der Waals surface area contributed by atoms with E-state index in [0.29, 0.717) is 17.0 Å². The second-order valence-corrected chi connectivity index (χ2v) is 8.32. The number of carbonyl (C=O) groups excluding carboxylic acids is 1. The lowest BCUT2D eigenvalue weighted by molar-refractivity contribution is 0.0503. The summed E-state index contributed by atoms with van der Waals surface area (Å²) >= 11 is 6.37. The van der Waals surface area contributed by atoms with Gasteiger partial charge in [-0.25, -0.2) is 0 Å². The van der Waals surface area contributed by atoms with Crippen LogP contribution in [0, 0.1) is 13.8 Å². The summed E-state index contributed by atoms with van der Waals surface area (Å²) in [7, 11) is 4.14. The number of nitrogens with zero attached hydrogens (tertiary/aromatic N) is 2. The third-order valence-electron chi connectivity index (χ3n) is 5.79. The van der Waals surface area contributed by atoms with E-state index < -0.39 is 0 Å². The molecule has 0 amide bonds. The van der Waals surface area contributed by atoms with Crippen LogP contribution in [-0.2, 0) is 18.2 Å². The number of carbonyl (C=O) groups is 1. The zero-order valence-electron chi connectivity index (χ0n) is 20.2. The first-order chi connectivity index (χ1) is 15.3. The molecular formula is C26H36ClN3O2. The molecule has 0 bridgehead atoms. The molecule has 0 atom stereocenters. The molecule has 1 aliphatic heterocycles. The number of halogens is 1. The maximum absolute atomic E-state index is 11.2. The molecule has 4 rings (SSSR count). The Morgan fingerprint density at radius 3 is 2.31 bits per heavy atom. The zero-order chi connectivity index (χ0) is 23.8. The van der Waals surface area contributed by atoms with Crippen LogP contribution in [0.15, 0.2) is 30.3 Å². The number of anilines is 1. The van der Waals surface area contributed by atoms with Gasteiger partial charge < -0.3 is 19.9 Å². The minimum atomic E-state index is 0.677. The van der Waals surface area contributed by atoms with Crippen molar-refractivity contribution >= 4 is 34.5 Å². The van der Waals surface area contributed by atoms with Crippen LogP contribution in [-0.4, -0.2) is 49.1 Å². The van der Waals surface area contributed by atoms with Crippen LogP contribution in [0.25, 0.3) is 10.9 Å². The SMILES string of the molecule is CC.CN1CCOCC1.Cc1c(C=O)ccc(Cl)c1Cc1cc2c(C)cc(N)cc2n1C. The van der Waals surface area contributed by atoms with Crippen LogP contribution in [0.5, 0.6) is 0 Å². The van der Waals surface area contributed by atoms with Crippen molar-refractivity contribution in [2.45, 2.75) is 34.1 Å². The summed E-state index contributed by atoms with van der Waals surface area (Å²) in [5, 5.41) is 1.88. The molecule has 1 fully saturated rings. The number of likely N-dealkylation sites (N-methyl/N-ethyl adjacent to an activating group) is 1. The molecule has 0 saturated carbocycles. The Kier molecular flexibility index (Phi) is 9.76. The number of nitrogens with two attached hydrogens (primary N) is 1. The van der Waals surface area contributed by atoms with E-state index >= 15 is 0 Å². The summed E-state index contributed by atoms with van der Waals surface area (Å²) in [5.41, 5.74) is 12.8. The quantitative estimate of drug-likeness (QED) is 0.422. The molecule has 174 valence electrons. The number of aldehydes is 1. The fraction of sp³-hybridized carbons (Fsp3) is 0.423. The number of aryl methyl sites for hydroxylation is 2. The molecule has 0 spiro atoms. The standard InChI is InChI=1S/C19H19ClN2O.C5H11NO.C2H6/c1-11-6-14(21)7-19-16(11)8-15(22(19)3)9-17-12(2)13(10-23)4-5-18(17)20;1-6-2-4-7-5-3-6;1-2/h4-8,10H,9,21H2,1-3H3;2-5H2,1H3;1-2H3. The number of ether oxygens (including phenoxy) is 1. The van der Waals surface area contributed by atoms with Crippen molar-refractivity contribution in [3.05, 3.63) is 63.3 Å². The molecule has 2 N–H and O–H groups in total. The minimum Gasteiger partial charge on any atom is -0.399 e. The topological polar surface area (TPSA) is 60.5 Å². The highest BCUT2D eigenvalue weighted by molar-refractivity contribution is 6.31. The van der Waals surface area contributed by atoms with E-state index in [0.717, 1.165) is 66.2 Å². The smallest absolute Gasteiger partial charge is 0.150 e. The van der Waals surface area contributed by atoms with E-state index in [1.165, 1.54) is 5.39 Å². The van der Waals surface area contributed by atoms with Crippen LogP contribution in [0.1, 0.15) is 46.6 Å². The lowest BCUT2D eigenvalue weighted by Crippen LogP contribution is -2.32. The van der Waals surface area contributed by atoms with Crippen LogP contribution < -0.4 is 5.73 Å². The molecule has 2 heterocycles. The predicted molar refractivity (Wildman–Crippen MR) is 136 cm³/mol. The number of morpholine rings is 1. The van der Waals surface area contributed by atoms with Crippen molar-refractivity contribution in [2.75, 3.05) is 39.1 Å². The maximum atomic E-state index is 11.2. The Labute approximate surface area is 197 Å². The van der Waals surface area contributed by atoms with Gasteiger partial charge in [0.1, 0.15) is 6.29 Å². The van der Waals surface area contributed by atoms with Gasteiger partial charge in [-0.3, -0.25) is 4.79 Å². The van der Waals surface area contributed by atoms with E-state index in [2.05, 4.69) is 29.5 Å². The van der Waals surface area contributed by atoms with Gasteiger partial charge in [-0.2, -0.15) is 0 Å². The van der Waals surface area contributed by atoms with Crippen molar-refractivity contribution in [2.24, 2.45) is 7.05 Å². The van der Waals surface area contributed by atoms with Crippen LogP contribution in [0.2, 0.25) is 5.02 Å². The van der Waals surface area contributed by atoms with E-state index in [1.54, 1.807) is 12.1 Å². The molecule has 5 nitrogen and oxygen atoms in total. The van der Waals surface area contributed by atoms with Gasteiger partial charge in [-0.1, -0.05) is 25.4 Å². The largest absolute Gasteiger partial charge is 0.399 e. The third-order valence-corrected chi connectivity index (χ3v) is 6.15. The molecular weight excluding hydrogens is 422 g/mol. The summed E-state index contributed by atoms with van der Waals surface area (Å²) in [4.78, 5) is 13.4. The number of aromatic nitrogens is 1. The van der Waals surface area contributed by atoms with Gasteiger partial charge in [-0.05, 0) is 67.9 Å². The van der Waals surface area contributed by atoms with Gasteiger partial charge in [0.05, 0.1) is 18.7 Å². The zero-order valence-corrected chi connectivity index (χ0v) is 20.9. The highest BCUT2D eigenvalue weighted by atomic mass is 35.5. The molecule has 1 aromatic heterocycles. The first-order valence-corrected chi connectivity index (χ1v) is 11.5. The van der Waals surface area contributed by atoms with Crippen molar-refractivity contribution in [3.63, 3.8) is 0 Å².